The Morgan fingerprint density at radius 1 is 1.20 bits per heavy atom. The Bertz CT molecular complexity index is 382. The van der Waals surface area contributed by atoms with E-state index in [0.717, 1.165) is 24.9 Å². The molecular formula is C13H15NO. The normalized spacial score (nSPS) is 15.6. The third-order valence-corrected chi connectivity index (χ3v) is 2.78. The topological polar surface area (TPSA) is 29.1 Å². The monoisotopic (exact) mass is 201 g/mol. The van der Waals surface area contributed by atoms with Gasteiger partial charge in [0.15, 0.2) is 0 Å². The van der Waals surface area contributed by atoms with Crippen LogP contribution < -0.4 is 5.32 Å². The van der Waals surface area contributed by atoms with Gasteiger partial charge in [-0.05, 0) is 37.3 Å². The van der Waals surface area contributed by atoms with E-state index < -0.39 is 0 Å². The van der Waals surface area contributed by atoms with Crippen LogP contribution in [0.4, 0.5) is 5.69 Å². The smallest absolute Gasteiger partial charge is 0.211 e. The van der Waals surface area contributed by atoms with Gasteiger partial charge in [0.1, 0.15) is 0 Å². The molecule has 0 aromatic heterocycles. The third kappa shape index (κ3) is 2.27. The van der Waals surface area contributed by atoms with Crippen molar-refractivity contribution in [3.05, 3.63) is 35.9 Å². The maximum absolute atomic E-state index is 10.5. The number of allylic oxidation sites excluding steroid dienone is 2. The first-order chi connectivity index (χ1) is 7.42. The summed E-state index contributed by atoms with van der Waals surface area (Å²) in [6.45, 7) is 0. The van der Waals surface area contributed by atoms with Gasteiger partial charge >= 0.3 is 0 Å². The number of carbonyl (C=O) groups is 1. The average molecular weight is 201 g/mol. The van der Waals surface area contributed by atoms with Crippen LogP contribution in [-0.4, -0.2) is 6.41 Å². The van der Waals surface area contributed by atoms with E-state index in [9.17, 15) is 4.79 Å². The molecule has 2 rings (SSSR count). The molecular weight excluding hydrogens is 186 g/mol. The molecule has 0 heterocycles. The highest BCUT2D eigenvalue weighted by molar-refractivity contribution is 5.83. The van der Waals surface area contributed by atoms with Crippen molar-refractivity contribution in [1.29, 1.82) is 0 Å². The van der Waals surface area contributed by atoms with Crippen LogP contribution in [0.2, 0.25) is 0 Å². The number of benzene rings is 1. The SMILES string of the molecule is O=CNc1ccccc1C1=CCCCC1. The molecule has 1 amide bonds. The van der Waals surface area contributed by atoms with E-state index in [1.54, 1.807) is 0 Å². The predicted octanol–water partition coefficient (Wildman–Crippen LogP) is 3.21. The van der Waals surface area contributed by atoms with Crippen LogP contribution >= 0.6 is 0 Å². The molecule has 0 fully saturated rings. The number of amides is 1. The Morgan fingerprint density at radius 3 is 2.80 bits per heavy atom. The number of rotatable bonds is 3. The summed E-state index contributed by atoms with van der Waals surface area (Å²) in [5.74, 6) is 0. The molecule has 1 aliphatic carbocycles. The lowest BCUT2D eigenvalue weighted by Gasteiger charge is -2.15. The van der Waals surface area contributed by atoms with Crippen molar-refractivity contribution >= 4 is 17.7 Å². The van der Waals surface area contributed by atoms with Crippen molar-refractivity contribution in [3.63, 3.8) is 0 Å². The lowest BCUT2D eigenvalue weighted by molar-refractivity contribution is -0.105. The van der Waals surface area contributed by atoms with Gasteiger partial charge in [-0.2, -0.15) is 0 Å². The van der Waals surface area contributed by atoms with Crippen LogP contribution in [0.15, 0.2) is 30.3 Å². The second-order valence-corrected chi connectivity index (χ2v) is 3.78. The van der Waals surface area contributed by atoms with Crippen LogP contribution in [0, 0.1) is 0 Å². The molecule has 0 saturated heterocycles. The van der Waals surface area contributed by atoms with Gasteiger partial charge in [-0.1, -0.05) is 24.3 Å². The molecule has 78 valence electrons. The fraction of sp³-hybridized carbons (Fsp3) is 0.308. The van der Waals surface area contributed by atoms with Crippen molar-refractivity contribution < 1.29 is 4.79 Å². The molecule has 0 aliphatic heterocycles. The summed E-state index contributed by atoms with van der Waals surface area (Å²) < 4.78 is 0. The van der Waals surface area contributed by atoms with Crippen molar-refractivity contribution in [2.45, 2.75) is 25.7 Å². The van der Waals surface area contributed by atoms with Crippen LogP contribution in [0.25, 0.3) is 5.57 Å². The highest BCUT2D eigenvalue weighted by atomic mass is 16.1. The number of hydrogen-bond donors (Lipinski definition) is 1. The van der Waals surface area contributed by atoms with E-state index in [-0.39, 0.29) is 0 Å². The number of carbonyl (C=O) groups excluding carboxylic acids is 1. The molecule has 0 unspecified atom stereocenters. The largest absolute Gasteiger partial charge is 0.328 e. The second kappa shape index (κ2) is 4.78. The van der Waals surface area contributed by atoms with Gasteiger partial charge in [-0.3, -0.25) is 4.79 Å². The number of anilines is 1. The molecule has 0 bridgehead atoms. The summed E-state index contributed by atoms with van der Waals surface area (Å²) in [6.07, 6.45) is 7.84. The van der Waals surface area contributed by atoms with Gasteiger partial charge in [0.25, 0.3) is 0 Å². The Labute approximate surface area is 90.0 Å². The Hall–Kier alpha value is -1.57. The average Bonchev–Trinajstić information content (AvgIpc) is 2.31. The lowest BCUT2D eigenvalue weighted by Crippen LogP contribution is -2.00. The number of para-hydroxylation sites is 1. The Balaban J connectivity index is 2.33. The molecule has 15 heavy (non-hydrogen) atoms. The second-order valence-electron chi connectivity index (χ2n) is 3.78. The molecule has 0 spiro atoms. The molecule has 1 aromatic rings. The Morgan fingerprint density at radius 2 is 2.07 bits per heavy atom. The third-order valence-electron chi connectivity index (χ3n) is 2.78. The van der Waals surface area contributed by atoms with E-state index >= 15 is 0 Å². The van der Waals surface area contributed by atoms with E-state index in [1.807, 2.05) is 18.2 Å². The number of nitrogens with one attached hydrogen (secondary N) is 1. The summed E-state index contributed by atoms with van der Waals surface area (Å²) in [6, 6.07) is 7.97. The van der Waals surface area contributed by atoms with Crippen molar-refractivity contribution in [2.75, 3.05) is 5.32 Å². The van der Waals surface area contributed by atoms with Gasteiger partial charge < -0.3 is 5.32 Å². The summed E-state index contributed by atoms with van der Waals surface area (Å²) in [5, 5.41) is 2.75. The molecule has 0 atom stereocenters. The highest BCUT2D eigenvalue weighted by Gasteiger charge is 2.09. The van der Waals surface area contributed by atoms with Crippen LogP contribution in [-0.2, 0) is 4.79 Å². The van der Waals surface area contributed by atoms with Gasteiger partial charge in [0.05, 0.1) is 0 Å². The Kier molecular flexibility index (Phi) is 3.18. The molecule has 1 N–H and O–H groups in total. The lowest BCUT2D eigenvalue weighted by atomic mass is 9.93. The summed E-state index contributed by atoms with van der Waals surface area (Å²) >= 11 is 0. The van der Waals surface area contributed by atoms with Gasteiger partial charge in [-0.25, -0.2) is 0 Å². The minimum atomic E-state index is 0.738. The molecule has 1 aromatic carbocycles. The highest BCUT2D eigenvalue weighted by Crippen LogP contribution is 2.31. The first kappa shape index (κ1) is 9.97. The molecule has 0 saturated carbocycles. The predicted molar refractivity (Wildman–Crippen MR) is 62.6 cm³/mol. The van der Waals surface area contributed by atoms with E-state index in [0.29, 0.717) is 0 Å². The van der Waals surface area contributed by atoms with E-state index in [2.05, 4.69) is 17.5 Å². The first-order valence-electron chi connectivity index (χ1n) is 5.40. The fourth-order valence-electron chi connectivity index (χ4n) is 2.04. The zero-order valence-electron chi connectivity index (χ0n) is 8.70. The summed E-state index contributed by atoms with van der Waals surface area (Å²) in [5.41, 5.74) is 3.45. The van der Waals surface area contributed by atoms with Crippen LogP contribution in [0.5, 0.6) is 0 Å². The fourth-order valence-corrected chi connectivity index (χ4v) is 2.04. The van der Waals surface area contributed by atoms with E-state index in [4.69, 9.17) is 0 Å². The zero-order valence-corrected chi connectivity index (χ0v) is 8.70. The van der Waals surface area contributed by atoms with Gasteiger partial charge in [0, 0.05) is 11.3 Å². The minimum Gasteiger partial charge on any atom is -0.328 e. The van der Waals surface area contributed by atoms with Crippen LogP contribution in [0.1, 0.15) is 31.2 Å². The van der Waals surface area contributed by atoms with Crippen molar-refractivity contribution in [3.8, 4) is 0 Å². The van der Waals surface area contributed by atoms with Crippen molar-refractivity contribution in [2.24, 2.45) is 0 Å². The van der Waals surface area contributed by atoms with Crippen molar-refractivity contribution in [1.82, 2.24) is 0 Å². The maximum atomic E-state index is 10.5. The number of hydrogen-bond acceptors (Lipinski definition) is 1. The molecule has 2 nitrogen and oxygen atoms in total. The zero-order chi connectivity index (χ0) is 10.5. The maximum Gasteiger partial charge on any atom is 0.211 e. The van der Waals surface area contributed by atoms with E-state index in [1.165, 1.54) is 24.0 Å². The molecule has 0 radical (unpaired) electrons. The summed E-state index contributed by atoms with van der Waals surface area (Å²) in [4.78, 5) is 10.5. The molecule has 1 aliphatic rings. The van der Waals surface area contributed by atoms with Gasteiger partial charge in [0.2, 0.25) is 6.41 Å². The minimum absolute atomic E-state index is 0.738. The molecule has 2 heteroatoms. The quantitative estimate of drug-likeness (QED) is 0.747. The standard InChI is InChI=1S/C13H15NO/c15-10-14-13-9-5-4-8-12(13)11-6-2-1-3-7-11/h4-6,8-10H,1-3,7H2,(H,14,15). The first-order valence-corrected chi connectivity index (χ1v) is 5.40. The van der Waals surface area contributed by atoms with Crippen LogP contribution in [0.3, 0.4) is 0 Å². The van der Waals surface area contributed by atoms with Gasteiger partial charge in [-0.15, -0.1) is 0 Å². The summed E-state index contributed by atoms with van der Waals surface area (Å²) in [7, 11) is 0.